The van der Waals surface area contributed by atoms with Crippen molar-refractivity contribution in [3.05, 3.63) is 0 Å². The fraction of sp³-hybridized carbons (Fsp3) is 1.00. The monoisotopic (exact) mass is 118 g/mol. The third-order valence-electron chi connectivity index (χ3n) is 0.583. The number of hydrogen-bond acceptors (Lipinski definition) is 1. The van der Waals surface area contributed by atoms with Crippen LogP contribution in [0.3, 0.4) is 0 Å². The molecular weight excluding hydrogens is 108 g/mol. The predicted molar refractivity (Wildman–Crippen MR) is 28.3 cm³/mol. The molecule has 0 aliphatic heterocycles. The predicted octanol–water partition coefficient (Wildman–Crippen LogP) is 0.553. The van der Waals surface area contributed by atoms with Crippen molar-refractivity contribution < 1.29 is 9.26 Å². The maximum Gasteiger partial charge on any atom is 0.500 e. The van der Waals surface area contributed by atoms with E-state index < -0.39 is 8.93 Å². The van der Waals surface area contributed by atoms with E-state index in [2.05, 4.69) is 0 Å². The molecule has 0 aromatic carbocycles. The summed E-state index contributed by atoms with van der Waals surface area (Å²) in [5, 5.41) is 0. The van der Waals surface area contributed by atoms with Gasteiger partial charge in [-0.3, -0.25) is 0 Å². The molecule has 0 fully saturated rings. The molecule has 0 amide bonds. The third-order valence-corrected chi connectivity index (χ3v) is 1.75. The smallest absolute Gasteiger partial charge is 0.500 e. The van der Waals surface area contributed by atoms with Crippen LogP contribution >= 0.6 is 0 Å². The van der Waals surface area contributed by atoms with Gasteiger partial charge in [-0.05, 0) is 5.92 Å². The van der Waals surface area contributed by atoms with Gasteiger partial charge in [-0.2, -0.15) is 0 Å². The Kier molecular flexibility index (Phi) is 2.83. The normalized spacial score (nSPS) is 9.57. The zero-order valence-electron chi connectivity index (χ0n) is 4.64. The Morgan fingerprint density at radius 1 is 1.71 bits per heavy atom. The highest BCUT2D eigenvalue weighted by molar-refractivity contribution is 6.32. The van der Waals surface area contributed by atoms with Crippen LogP contribution < -0.4 is 0 Å². The number of rotatable bonds is 2. The standard InChI is InChI=1S/C4H10O2Si/c1-4(2)3-7(5)6/h4-5H,3H2,1-2H3. The van der Waals surface area contributed by atoms with Crippen LogP contribution in [-0.2, 0) is 4.46 Å². The molecule has 2 nitrogen and oxygen atoms in total. The second-order valence-corrected chi connectivity index (χ2v) is 3.19. The molecule has 0 saturated heterocycles. The van der Waals surface area contributed by atoms with E-state index in [1.165, 1.54) is 0 Å². The van der Waals surface area contributed by atoms with E-state index in [1.54, 1.807) is 0 Å². The zero-order chi connectivity index (χ0) is 5.86. The molecule has 0 heterocycles. The van der Waals surface area contributed by atoms with Gasteiger partial charge in [0.15, 0.2) is 0 Å². The Labute approximate surface area is 45.0 Å². The van der Waals surface area contributed by atoms with Gasteiger partial charge in [0, 0.05) is 6.04 Å². The first kappa shape index (κ1) is 6.82. The van der Waals surface area contributed by atoms with E-state index >= 15 is 0 Å². The Hall–Kier alpha value is -0.183. The molecule has 0 atom stereocenters. The summed E-state index contributed by atoms with van der Waals surface area (Å²) in [4.78, 5) is 8.27. The largest absolute Gasteiger partial charge is 0.540 e. The molecule has 0 unspecified atom stereocenters. The fourth-order valence-electron chi connectivity index (χ4n) is 0.349. The van der Waals surface area contributed by atoms with Gasteiger partial charge in [-0.1, -0.05) is 13.8 Å². The van der Waals surface area contributed by atoms with Crippen LogP contribution in [0.4, 0.5) is 0 Å². The van der Waals surface area contributed by atoms with Crippen molar-refractivity contribution in [1.29, 1.82) is 0 Å². The lowest BCUT2D eigenvalue weighted by Gasteiger charge is -1.92. The van der Waals surface area contributed by atoms with Crippen molar-refractivity contribution in [2.24, 2.45) is 5.92 Å². The average molecular weight is 118 g/mol. The molecule has 0 spiro atoms. The third kappa shape index (κ3) is 5.82. The molecule has 0 aromatic heterocycles. The van der Waals surface area contributed by atoms with Crippen LogP contribution in [0.5, 0.6) is 0 Å². The minimum Gasteiger partial charge on any atom is -0.540 e. The van der Waals surface area contributed by atoms with Crippen LogP contribution in [0.1, 0.15) is 13.8 Å². The minimum absolute atomic E-state index is 0.358. The van der Waals surface area contributed by atoms with Gasteiger partial charge in [0.1, 0.15) is 0 Å². The highest BCUT2D eigenvalue weighted by Crippen LogP contribution is 1.97. The van der Waals surface area contributed by atoms with E-state index in [-0.39, 0.29) is 0 Å². The van der Waals surface area contributed by atoms with Gasteiger partial charge < -0.3 is 9.26 Å². The van der Waals surface area contributed by atoms with Crippen LogP contribution in [0.15, 0.2) is 0 Å². The lowest BCUT2D eigenvalue weighted by Crippen LogP contribution is -2.00. The quantitative estimate of drug-likeness (QED) is 0.538. The molecule has 0 rings (SSSR count). The molecule has 0 aliphatic carbocycles. The van der Waals surface area contributed by atoms with Crippen LogP contribution in [0.2, 0.25) is 6.04 Å². The van der Waals surface area contributed by atoms with Crippen molar-refractivity contribution in [3.8, 4) is 0 Å². The van der Waals surface area contributed by atoms with Crippen molar-refractivity contribution in [2.45, 2.75) is 19.9 Å². The van der Waals surface area contributed by atoms with E-state index in [9.17, 15) is 4.46 Å². The van der Waals surface area contributed by atoms with Gasteiger partial charge in [0.2, 0.25) is 0 Å². The summed E-state index contributed by atoms with van der Waals surface area (Å²) in [5.74, 6) is 0.358. The topological polar surface area (TPSA) is 37.3 Å². The van der Waals surface area contributed by atoms with Gasteiger partial charge in [0.05, 0.1) is 0 Å². The summed E-state index contributed by atoms with van der Waals surface area (Å²) in [6.45, 7) is 3.86. The zero-order valence-corrected chi connectivity index (χ0v) is 5.64. The molecule has 7 heavy (non-hydrogen) atoms. The van der Waals surface area contributed by atoms with E-state index in [1.807, 2.05) is 13.8 Å². The Bertz CT molecular complexity index is 70.1. The van der Waals surface area contributed by atoms with Crippen LogP contribution in [-0.4, -0.2) is 13.7 Å². The lowest BCUT2D eigenvalue weighted by molar-refractivity contribution is 0.435. The first-order valence-corrected chi connectivity index (χ1v) is 3.91. The maximum atomic E-state index is 9.99. The second-order valence-electron chi connectivity index (χ2n) is 1.99. The average Bonchev–Trinajstić information content (AvgIpc) is 1.27. The Morgan fingerprint density at radius 3 is 2.14 bits per heavy atom. The first-order chi connectivity index (χ1) is 3.13. The highest BCUT2D eigenvalue weighted by atomic mass is 28.3. The lowest BCUT2D eigenvalue weighted by atomic mass is 10.3. The molecule has 3 heteroatoms. The van der Waals surface area contributed by atoms with Gasteiger partial charge in [-0.25, -0.2) is 0 Å². The molecule has 1 N–H and O–H groups in total. The molecule has 42 valence electrons. The van der Waals surface area contributed by atoms with Crippen molar-refractivity contribution >= 4 is 8.93 Å². The van der Waals surface area contributed by atoms with Crippen molar-refractivity contribution in [2.75, 3.05) is 0 Å². The van der Waals surface area contributed by atoms with E-state index in [0.29, 0.717) is 12.0 Å². The fourth-order valence-corrected chi connectivity index (χ4v) is 1.05. The molecule has 0 aromatic rings. The minimum atomic E-state index is -2.18. The summed E-state index contributed by atoms with van der Waals surface area (Å²) in [6.07, 6.45) is 0. The highest BCUT2D eigenvalue weighted by Gasteiger charge is 2.03. The second kappa shape index (κ2) is 2.90. The summed E-state index contributed by atoms with van der Waals surface area (Å²) in [5.41, 5.74) is 0. The van der Waals surface area contributed by atoms with E-state index in [4.69, 9.17) is 4.80 Å². The molecule has 0 saturated carbocycles. The molecule has 0 radical (unpaired) electrons. The van der Waals surface area contributed by atoms with Crippen LogP contribution in [0.25, 0.3) is 0 Å². The molecule has 0 bridgehead atoms. The summed E-state index contributed by atoms with van der Waals surface area (Å²) >= 11 is 0. The molecule has 0 aliphatic rings. The summed E-state index contributed by atoms with van der Waals surface area (Å²) in [6, 6.07) is 0.463. The number of hydrogen-bond donors (Lipinski definition) is 1. The Morgan fingerprint density at radius 2 is 2.14 bits per heavy atom. The first-order valence-electron chi connectivity index (χ1n) is 2.34. The Balaban J connectivity index is 3.13. The summed E-state index contributed by atoms with van der Waals surface area (Å²) in [7, 11) is -2.18. The van der Waals surface area contributed by atoms with Gasteiger partial charge >= 0.3 is 8.93 Å². The molecular formula is C4H10O2Si. The SMILES string of the molecule is CC(C)C[Si](=O)O. The maximum absolute atomic E-state index is 9.99. The van der Waals surface area contributed by atoms with Crippen molar-refractivity contribution in [3.63, 3.8) is 0 Å². The van der Waals surface area contributed by atoms with E-state index in [0.717, 1.165) is 0 Å². The van der Waals surface area contributed by atoms with Gasteiger partial charge in [-0.15, -0.1) is 0 Å². The van der Waals surface area contributed by atoms with Crippen LogP contribution in [0, 0.1) is 5.92 Å². The summed E-state index contributed by atoms with van der Waals surface area (Å²) < 4.78 is 9.99. The van der Waals surface area contributed by atoms with Crippen molar-refractivity contribution in [1.82, 2.24) is 0 Å². The van der Waals surface area contributed by atoms with Gasteiger partial charge in [0.25, 0.3) is 0 Å².